The number of anilines is 2. The topological polar surface area (TPSA) is 74.3 Å². The molecule has 2 aromatic rings. The van der Waals surface area contributed by atoms with Crippen LogP contribution in [-0.4, -0.2) is 30.0 Å². The van der Waals surface area contributed by atoms with Crippen LogP contribution in [0, 0.1) is 6.92 Å². The first-order chi connectivity index (χ1) is 11.6. The van der Waals surface area contributed by atoms with E-state index in [4.69, 9.17) is 0 Å². The average Bonchev–Trinajstić information content (AvgIpc) is 3.01. The second kappa shape index (κ2) is 7.12. The molecule has 3 rings (SSSR count). The van der Waals surface area contributed by atoms with E-state index in [9.17, 15) is 9.59 Å². The number of aryl methyl sites for hydroxylation is 1. The van der Waals surface area contributed by atoms with Crippen LogP contribution in [0.15, 0.2) is 42.6 Å². The van der Waals surface area contributed by atoms with E-state index >= 15 is 0 Å². The molecule has 0 aliphatic carbocycles. The molecule has 124 valence electrons. The normalized spacial score (nSPS) is 12.6. The van der Waals surface area contributed by atoms with Crippen molar-refractivity contribution >= 4 is 23.4 Å². The van der Waals surface area contributed by atoms with Crippen LogP contribution < -0.4 is 15.5 Å². The van der Waals surface area contributed by atoms with E-state index in [-0.39, 0.29) is 24.9 Å². The van der Waals surface area contributed by atoms with Crippen molar-refractivity contribution in [1.82, 2.24) is 10.3 Å². The molecule has 6 nitrogen and oxygen atoms in total. The molecule has 2 heterocycles. The summed E-state index contributed by atoms with van der Waals surface area (Å²) < 4.78 is 0. The van der Waals surface area contributed by atoms with Crippen LogP contribution in [-0.2, 0) is 11.2 Å². The third-order valence-corrected chi connectivity index (χ3v) is 3.94. The predicted octanol–water partition coefficient (Wildman–Crippen LogP) is 2.49. The number of carbonyl (C=O) groups excluding carboxylic acids is 2. The number of carbonyl (C=O) groups is 2. The van der Waals surface area contributed by atoms with Gasteiger partial charge in [0.2, 0.25) is 5.91 Å². The van der Waals surface area contributed by atoms with E-state index in [2.05, 4.69) is 15.6 Å². The third kappa shape index (κ3) is 3.71. The zero-order valence-corrected chi connectivity index (χ0v) is 13.6. The Labute approximate surface area is 140 Å². The molecule has 1 aromatic heterocycles. The molecule has 1 aliphatic rings. The van der Waals surface area contributed by atoms with E-state index < -0.39 is 0 Å². The second-order valence-corrected chi connectivity index (χ2v) is 5.78. The summed E-state index contributed by atoms with van der Waals surface area (Å²) in [5, 5.41) is 5.51. The maximum Gasteiger partial charge on any atom is 0.321 e. The van der Waals surface area contributed by atoms with E-state index in [0.717, 1.165) is 17.7 Å². The first kappa shape index (κ1) is 16.0. The van der Waals surface area contributed by atoms with Crippen molar-refractivity contribution < 1.29 is 9.59 Å². The van der Waals surface area contributed by atoms with E-state index in [1.807, 2.05) is 37.3 Å². The van der Waals surface area contributed by atoms with Gasteiger partial charge in [0, 0.05) is 31.4 Å². The van der Waals surface area contributed by atoms with Crippen molar-refractivity contribution in [3.63, 3.8) is 0 Å². The second-order valence-electron chi connectivity index (χ2n) is 5.78. The Morgan fingerprint density at radius 1 is 1.21 bits per heavy atom. The molecule has 0 atom stereocenters. The highest BCUT2D eigenvalue weighted by atomic mass is 16.2. The largest absolute Gasteiger partial charge is 0.337 e. The summed E-state index contributed by atoms with van der Waals surface area (Å²) in [6, 6.07) is 11.3. The molecule has 1 aliphatic heterocycles. The lowest BCUT2D eigenvalue weighted by molar-refractivity contribution is -0.116. The van der Waals surface area contributed by atoms with Gasteiger partial charge < -0.3 is 10.6 Å². The number of hydrogen-bond acceptors (Lipinski definition) is 3. The number of nitrogens with zero attached hydrogens (tertiary/aromatic N) is 2. The lowest BCUT2D eigenvalue weighted by atomic mass is 10.2. The number of urea groups is 1. The molecule has 1 aromatic carbocycles. The minimum absolute atomic E-state index is 0.166. The summed E-state index contributed by atoms with van der Waals surface area (Å²) in [4.78, 5) is 30.0. The van der Waals surface area contributed by atoms with Crippen molar-refractivity contribution in [2.45, 2.75) is 19.8 Å². The summed E-state index contributed by atoms with van der Waals surface area (Å²) in [5.41, 5.74) is 3.16. The third-order valence-electron chi connectivity index (χ3n) is 3.94. The molecular weight excluding hydrogens is 304 g/mol. The standard InChI is InChI=1S/C18H20N4O2/c1-13-6-7-16(20-12-13)21-17(23)8-10-19-18(24)22-11-9-14-4-2-3-5-15(14)22/h2-7,12H,8-11H2,1H3,(H,19,24)(H,20,21,23). The van der Waals surface area contributed by atoms with Gasteiger partial charge in [-0.05, 0) is 36.6 Å². The number of pyridine rings is 1. The Morgan fingerprint density at radius 2 is 2.04 bits per heavy atom. The first-order valence-electron chi connectivity index (χ1n) is 7.99. The monoisotopic (exact) mass is 324 g/mol. The number of fused-ring (bicyclic) bond motifs is 1. The summed E-state index contributed by atoms with van der Waals surface area (Å²) in [6.45, 7) is 2.89. The maximum atomic E-state index is 12.3. The first-order valence-corrected chi connectivity index (χ1v) is 7.99. The van der Waals surface area contributed by atoms with Gasteiger partial charge in [0.25, 0.3) is 0 Å². The quantitative estimate of drug-likeness (QED) is 0.907. The summed E-state index contributed by atoms with van der Waals surface area (Å²) >= 11 is 0. The Balaban J connectivity index is 1.45. The van der Waals surface area contributed by atoms with Crippen molar-refractivity contribution in [3.05, 3.63) is 53.7 Å². The molecule has 3 amide bonds. The highest BCUT2D eigenvalue weighted by Gasteiger charge is 2.23. The van der Waals surface area contributed by atoms with Crippen molar-refractivity contribution in [2.75, 3.05) is 23.3 Å². The molecule has 0 bridgehead atoms. The number of para-hydroxylation sites is 1. The molecule has 2 N–H and O–H groups in total. The number of nitrogens with one attached hydrogen (secondary N) is 2. The number of benzene rings is 1. The number of aromatic nitrogens is 1. The Morgan fingerprint density at radius 3 is 2.83 bits per heavy atom. The van der Waals surface area contributed by atoms with E-state index in [1.165, 1.54) is 5.56 Å². The minimum atomic E-state index is -0.173. The van der Waals surface area contributed by atoms with Gasteiger partial charge in [0.1, 0.15) is 5.82 Å². The average molecular weight is 324 g/mol. The van der Waals surface area contributed by atoms with E-state index in [0.29, 0.717) is 12.4 Å². The molecule has 0 radical (unpaired) electrons. The zero-order valence-electron chi connectivity index (χ0n) is 13.6. The van der Waals surface area contributed by atoms with Gasteiger partial charge in [0.05, 0.1) is 0 Å². The molecule has 0 saturated heterocycles. The molecule has 6 heteroatoms. The fraction of sp³-hybridized carbons (Fsp3) is 0.278. The molecule has 0 unspecified atom stereocenters. The zero-order chi connectivity index (χ0) is 16.9. The van der Waals surface area contributed by atoms with Crippen LogP contribution in [0.3, 0.4) is 0 Å². The van der Waals surface area contributed by atoms with Crippen LogP contribution in [0.4, 0.5) is 16.3 Å². The van der Waals surface area contributed by atoms with Crippen LogP contribution in [0.2, 0.25) is 0 Å². The van der Waals surface area contributed by atoms with Gasteiger partial charge in [0.15, 0.2) is 0 Å². The number of amides is 3. The van der Waals surface area contributed by atoms with Gasteiger partial charge >= 0.3 is 6.03 Å². The Bertz CT molecular complexity index is 743. The highest BCUT2D eigenvalue weighted by molar-refractivity contribution is 5.95. The molecule has 24 heavy (non-hydrogen) atoms. The fourth-order valence-electron chi connectivity index (χ4n) is 2.67. The van der Waals surface area contributed by atoms with E-state index in [1.54, 1.807) is 17.2 Å². The molecule has 0 saturated carbocycles. The lowest BCUT2D eigenvalue weighted by Gasteiger charge is -2.17. The van der Waals surface area contributed by atoms with Gasteiger partial charge in [-0.3, -0.25) is 9.69 Å². The van der Waals surface area contributed by atoms with Gasteiger partial charge in [-0.2, -0.15) is 0 Å². The van der Waals surface area contributed by atoms with Crippen molar-refractivity contribution in [3.8, 4) is 0 Å². The molecular formula is C18H20N4O2. The Kier molecular flexibility index (Phi) is 4.74. The van der Waals surface area contributed by atoms with Gasteiger partial charge in [-0.15, -0.1) is 0 Å². The smallest absolute Gasteiger partial charge is 0.321 e. The summed E-state index contributed by atoms with van der Waals surface area (Å²) in [7, 11) is 0. The van der Waals surface area contributed by atoms with Crippen molar-refractivity contribution in [1.29, 1.82) is 0 Å². The van der Waals surface area contributed by atoms with Crippen LogP contribution in [0.1, 0.15) is 17.5 Å². The van der Waals surface area contributed by atoms with Crippen LogP contribution in [0.5, 0.6) is 0 Å². The minimum Gasteiger partial charge on any atom is -0.337 e. The Hall–Kier alpha value is -2.89. The molecule has 0 spiro atoms. The SMILES string of the molecule is Cc1ccc(NC(=O)CCNC(=O)N2CCc3ccccc32)nc1. The van der Waals surface area contributed by atoms with Crippen LogP contribution >= 0.6 is 0 Å². The van der Waals surface area contributed by atoms with Crippen LogP contribution in [0.25, 0.3) is 0 Å². The summed E-state index contributed by atoms with van der Waals surface area (Å²) in [6.07, 6.45) is 2.77. The van der Waals surface area contributed by atoms with Crippen molar-refractivity contribution in [2.24, 2.45) is 0 Å². The highest BCUT2D eigenvalue weighted by Crippen LogP contribution is 2.27. The molecule has 0 fully saturated rings. The number of rotatable bonds is 4. The fourth-order valence-corrected chi connectivity index (χ4v) is 2.67. The number of hydrogen-bond donors (Lipinski definition) is 2. The lowest BCUT2D eigenvalue weighted by Crippen LogP contribution is -2.40. The summed E-state index contributed by atoms with van der Waals surface area (Å²) in [5.74, 6) is 0.346. The van der Waals surface area contributed by atoms with Gasteiger partial charge in [-0.25, -0.2) is 9.78 Å². The predicted molar refractivity (Wildman–Crippen MR) is 93.1 cm³/mol. The maximum absolute atomic E-state index is 12.3. The van der Waals surface area contributed by atoms with Gasteiger partial charge in [-0.1, -0.05) is 24.3 Å².